The summed E-state index contributed by atoms with van der Waals surface area (Å²) in [5.41, 5.74) is 6.21. The van der Waals surface area contributed by atoms with E-state index < -0.39 is 0 Å². The van der Waals surface area contributed by atoms with E-state index in [0.29, 0.717) is 10.7 Å². The predicted molar refractivity (Wildman–Crippen MR) is 81.7 cm³/mol. The maximum Gasteiger partial charge on any atom is 0.144 e. The van der Waals surface area contributed by atoms with Gasteiger partial charge in [0, 0.05) is 19.1 Å². The van der Waals surface area contributed by atoms with Gasteiger partial charge in [-0.05, 0) is 38.8 Å². The number of nitrogens with two attached hydrogens (primary N) is 1. The number of nitrogens with zero attached hydrogens (tertiary/aromatic N) is 2. The second-order valence-corrected chi connectivity index (χ2v) is 5.67. The Morgan fingerprint density at radius 3 is 3.11 bits per heavy atom. The monoisotopic (exact) mass is 282 g/mol. The Balaban J connectivity index is 1.71. The lowest BCUT2D eigenvalue weighted by Gasteiger charge is -2.33. The normalized spacial score (nSPS) is 20.4. The van der Waals surface area contributed by atoms with Crippen molar-refractivity contribution in [3.63, 3.8) is 0 Å². The molecule has 1 aromatic rings. The Labute approximate surface area is 120 Å². The molecule has 0 saturated carbocycles. The van der Waals surface area contributed by atoms with E-state index in [9.17, 15) is 0 Å². The third kappa shape index (κ3) is 4.25. The van der Waals surface area contributed by atoms with Gasteiger partial charge in [0.2, 0.25) is 0 Å². The highest BCUT2D eigenvalue weighted by Crippen LogP contribution is 2.21. The smallest absolute Gasteiger partial charge is 0.144 e. The first kappa shape index (κ1) is 14.4. The fourth-order valence-corrected chi connectivity index (χ4v) is 2.80. The maximum atomic E-state index is 6.06. The number of pyridine rings is 1. The van der Waals surface area contributed by atoms with Crippen LogP contribution in [-0.2, 0) is 0 Å². The Bertz CT molecular complexity index is 410. The summed E-state index contributed by atoms with van der Waals surface area (Å²) in [4.78, 5) is 6.77. The topological polar surface area (TPSA) is 54.2 Å². The first-order chi connectivity index (χ1) is 9.16. The molecular weight excluding hydrogens is 260 g/mol. The fourth-order valence-electron chi connectivity index (χ4n) is 2.56. The lowest BCUT2D eigenvalue weighted by molar-refractivity contribution is 0.160. The van der Waals surface area contributed by atoms with Gasteiger partial charge < -0.3 is 16.0 Å². The van der Waals surface area contributed by atoms with Crippen LogP contribution in [-0.4, -0.2) is 35.6 Å². The molecule has 1 atom stereocenters. The van der Waals surface area contributed by atoms with Crippen LogP contribution >= 0.6 is 11.6 Å². The van der Waals surface area contributed by atoms with Crippen molar-refractivity contribution in [1.29, 1.82) is 0 Å². The summed E-state index contributed by atoms with van der Waals surface area (Å²) in [6, 6.07) is 2.45. The standard InChI is InChI=1S/C14H23ClN4/c1-11-5-2-3-7-19(11)8-4-6-17-14-13(15)9-12(16)10-18-14/h9-11H,2-8,16H2,1H3,(H,17,18). The molecule has 1 saturated heterocycles. The average molecular weight is 283 g/mol. The summed E-state index contributed by atoms with van der Waals surface area (Å²) < 4.78 is 0. The molecule has 1 unspecified atom stereocenters. The minimum absolute atomic E-state index is 0.589. The van der Waals surface area contributed by atoms with Crippen LogP contribution in [0.2, 0.25) is 5.02 Å². The molecule has 5 heteroatoms. The van der Waals surface area contributed by atoms with Crippen LogP contribution in [0.5, 0.6) is 0 Å². The third-order valence-electron chi connectivity index (χ3n) is 3.72. The van der Waals surface area contributed by atoms with Gasteiger partial charge in [-0.2, -0.15) is 0 Å². The van der Waals surface area contributed by atoms with Crippen LogP contribution in [0.4, 0.5) is 11.5 Å². The summed E-state index contributed by atoms with van der Waals surface area (Å²) in [7, 11) is 0. The highest BCUT2D eigenvalue weighted by atomic mass is 35.5. The molecule has 106 valence electrons. The molecular formula is C14H23ClN4. The summed E-state index contributed by atoms with van der Waals surface area (Å²) in [6.45, 7) is 5.59. The lowest BCUT2D eigenvalue weighted by Crippen LogP contribution is -2.38. The fraction of sp³-hybridized carbons (Fsp3) is 0.643. The maximum absolute atomic E-state index is 6.06. The zero-order valence-corrected chi connectivity index (χ0v) is 12.3. The molecule has 2 rings (SSSR count). The van der Waals surface area contributed by atoms with E-state index in [-0.39, 0.29) is 0 Å². The van der Waals surface area contributed by atoms with Gasteiger partial charge in [-0.1, -0.05) is 18.0 Å². The number of piperidine rings is 1. The van der Waals surface area contributed by atoms with Gasteiger partial charge in [0.15, 0.2) is 0 Å². The van der Waals surface area contributed by atoms with Crippen molar-refractivity contribution in [3.05, 3.63) is 17.3 Å². The second-order valence-electron chi connectivity index (χ2n) is 5.26. The zero-order chi connectivity index (χ0) is 13.7. The number of halogens is 1. The van der Waals surface area contributed by atoms with Crippen molar-refractivity contribution in [3.8, 4) is 0 Å². The van der Waals surface area contributed by atoms with E-state index in [1.54, 1.807) is 12.3 Å². The van der Waals surface area contributed by atoms with Crippen molar-refractivity contribution in [2.75, 3.05) is 30.7 Å². The van der Waals surface area contributed by atoms with Gasteiger partial charge in [0.25, 0.3) is 0 Å². The lowest BCUT2D eigenvalue weighted by atomic mass is 10.0. The largest absolute Gasteiger partial charge is 0.397 e. The molecule has 0 bridgehead atoms. The predicted octanol–water partition coefficient (Wildman–Crippen LogP) is 2.99. The van der Waals surface area contributed by atoms with Gasteiger partial charge in [0.1, 0.15) is 5.82 Å². The number of rotatable bonds is 5. The molecule has 0 radical (unpaired) electrons. The van der Waals surface area contributed by atoms with Crippen LogP contribution in [0.3, 0.4) is 0 Å². The summed E-state index contributed by atoms with van der Waals surface area (Å²) in [5, 5.41) is 3.86. The minimum atomic E-state index is 0.589. The number of aromatic nitrogens is 1. The number of hydrogen-bond acceptors (Lipinski definition) is 4. The van der Waals surface area contributed by atoms with E-state index in [2.05, 4.69) is 22.1 Å². The minimum Gasteiger partial charge on any atom is -0.397 e. The van der Waals surface area contributed by atoms with E-state index in [0.717, 1.165) is 31.4 Å². The first-order valence-corrected chi connectivity index (χ1v) is 7.43. The average Bonchev–Trinajstić information content (AvgIpc) is 2.38. The number of nitrogen functional groups attached to an aromatic ring is 1. The molecule has 1 fully saturated rings. The van der Waals surface area contributed by atoms with E-state index in [4.69, 9.17) is 17.3 Å². The number of nitrogens with one attached hydrogen (secondary N) is 1. The van der Waals surface area contributed by atoms with E-state index in [1.165, 1.54) is 25.8 Å². The Kier molecular flexibility index (Phi) is 5.28. The molecule has 1 aliphatic heterocycles. The van der Waals surface area contributed by atoms with Crippen molar-refractivity contribution < 1.29 is 0 Å². The number of anilines is 2. The highest BCUT2D eigenvalue weighted by Gasteiger charge is 2.17. The molecule has 4 nitrogen and oxygen atoms in total. The summed E-state index contributed by atoms with van der Waals surface area (Å²) in [5.74, 6) is 0.725. The molecule has 0 spiro atoms. The molecule has 0 aromatic carbocycles. The Morgan fingerprint density at radius 2 is 2.37 bits per heavy atom. The van der Waals surface area contributed by atoms with Gasteiger partial charge in [-0.25, -0.2) is 4.98 Å². The van der Waals surface area contributed by atoms with Crippen LogP contribution in [0.15, 0.2) is 12.3 Å². The Morgan fingerprint density at radius 1 is 1.53 bits per heavy atom. The van der Waals surface area contributed by atoms with E-state index in [1.807, 2.05) is 0 Å². The van der Waals surface area contributed by atoms with Gasteiger partial charge in [-0.3, -0.25) is 0 Å². The Hall–Kier alpha value is -1.00. The number of hydrogen-bond donors (Lipinski definition) is 2. The quantitative estimate of drug-likeness (QED) is 0.815. The van der Waals surface area contributed by atoms with Gasteiger partial charge in [-0.15, -0.1) is 0 Å². The SMILES string of the molecule is CC1CCCCN1CCCNc1ncc(N)cc1Cl. The molecule has 19 heavy (non-hydrogen) atoms. The molecule has 1 aliphatic rings. The highest BCUT2D eigenvalue weighted by molar-refractivity contribution is 6.33. The number of likely N-dealkylation sites (tertiary alicyclic amines) is 1. The van der Waals surface area contributed by atoms with Crippen LogP contribution in [0.1, 0.15) is 32.6 Å². The molecule has 0 aliphatic carbocycles. The molecule has 3 N–H and O–H groups in total. The van der Waals surface area contributed by atoms with Crippen molar-refractivity contribution >= 4 is 23.1 Å². The van der Waals surface area contributed by atoms with Gasteiger partial charge in [0.05, 0.1) is 16.9 Å². The molecule has 0 amide bonds. The summed E-state index contributed by atoms with van der Waals surface area (Å²) in [6.07, 6.45) is 6.77. The van der Waals surface area contributed by atoms with Crippen molar-refractivity contribution in [2.24, 2.45) is 0 Å². The first-order valence-electron chi connectivity index (χ1n) is 7.06. The zero-order valence-electron chi connectivity index (χ0n) is 11.5. The van der Waals surface area contributed by atoms with Crippen LogP contribution < -0.4 is 11.1 Å². The van der Waals surface area contributed by atoms with Crippen LogP contribution in [0.25, 0.3) is 0 Å². The summed E-state index contributed by atoms with van der Waals surface area (Å²) >= 11 is 6.06. The van der Waals surface area contributed by atoms with Crippen LogP contribution in [0, 0.1) is 0 Å². The third-order valence-corrected chi connectivity index (χ3v) is 4.01. The second kappa shape index (κ2) is 6.96. The van der Waals surface area contributed by atoms with Crippen molar-refractivity contribution in [1.82, 2.24) is 9.88 Å². The molecule has 2 heterocycles. The van der Waals surface area contributed by atoms with E-state index >= 15 is 0 Å². The van der Waals surface area contributed by atoms with Gasteiger partial charge >= 0.3 is 0 Å². The van der Waals surface area contributed by atoms with Crippen molar-refractivity contribution in [2.45, 2.75) is 38.6 Å². The molecule has 1 aromatic heterocycles.